The summed E-state index contributed by atoms with van der Waals surface area (Å²) in [5.41, 5.74) is 0.598. The van der Waals surface area contributed by atoms with E-state index in [-0.39, 0.29) is 0 Å². The Hall–Kier alpha value is -2.42. The number of nitrogens with zero attached hydrogens (tertiary/aromatic N) is 6. The third-order valence-corrected chi connectivity index (χ3v) is 3.48. The van der Waals surface area contributed by atoms with E-state index in [1.165, 1.54) is 0 Å². The highest BCUT2D eigenvalue weighted by atomic mass is 15.3. The normalized spacial score (nSPS) is 16.3. The van der Waals surface area contributed by atoms with E-state index in [0.717, 1.165) is 31.7 Å². The molecule has 0 radical (unpaired) electrons. The molecule has 1 aliphatic heterocycles. The quantitative estimate of drug-likeness (QED) is 0.809. The average molecular weight is 254 g/mol. The van der Waals surface area contributed by atoms with Gasteiger partial charge in [0.05, 0.1) is 11.6 Å². The summed E-state index contributed by atoms with van der Waals surface area (Å²) in [4.78, 5) is 10.6. The van der Waals surface area contributed by atoms with Gasteiger partial charge in [-0.25, -0.2) is 14.6 Å². The van der Waals surface area contributed by atoms with Gasteiger partial charge >= 0.3 is 0 Å². The first kappa shape index (κ1) is 11.7. The Morgan fingerprint density at radius 2 is 2.11 bits per heavy atom. The van der Waals surface area contributed by atoms with E-state index in [2.05, 4.69) is 26.0 Å². The van der Waals surface area contributed by atoms with E-state index >= 15 is 0 Å². The molecule has 19 heavy (non-hydrogen) atoms. The summed E-state index contributed by atoms with van der Waals surface area (Å²) in [5, 5.41) is 13.0. The average Bonchev–Trinajstić information content (AvgIpc) is 3.02. The van der Waals surface area contributed by atoms with Crippen molar-refractivity contribution in [2.24, 2.45) is 0 Å². The maximum atomic E-state index is 8.76. The van der Waals surface area contributed by atoms with Gasteiger partial charge in [0.1, 0.15) is 24.5 Å². The van der Waals surface area contributed by atoms with Gasteiger partial charge in [-0.3, -0.25) is 0 Å². The molecule has 6 heteroatoms. The van der Waals surface area contributed by atoms with Crippen LogP contribution in [0.1, 0.15) is 24.4 Å². The zero-order valence-corrected chi connectivity index (χ0v) is 10.5. The van der Waals surface area contributed by atoms with E-state index < -0.39 is 0 Å². The van der Waals surface area contributed by atoms with Crippen molar-refractivity contribution in [1.29, 1.82) is 5.26 Å². The Labute approximate surface area is 111 Å². The number of aromatic nitrogens is 4. The van der Waals surface area contributed by atoms with Gasteiger partial charge < -0.3 is 4.90 Å². The largest absolute Gasteiger partial charge is 0.356 e. The molecule has 0 N–H and O–H groups in total. The molecule has 0 spiro atoms. The number of piperidine rings is 1. The van der Waals surface area contributed by atoms with Crippen LogP contribution in [0, 0.1) is 11.3 Å². The van der Waals surface area contributed by atoms with Gasteiger partial charge in [0.15, 0.2) is 0 Å². The van der Waals surface area contributed by atoms with Crippen LogP contribution in [0.4, 0.5) is 5.82 Å². The van der Waals surface area contributed by atoms with Gasteiger partial charge in [0, 0.05) is 19.3 Å². The van der Waals surface area contributed by atoms with Gasteiger partial charge in [0.2, 0.25) is 0 Å². The van der Waals surface area contributed by atoms with Gasteiger partial charge in [0.25, 0.3) is 0 Å². The first-order valence-electron chi connectivity index (χ1n) is 6.32. The fraction of sp³-hybridized carbons (Fsp3) is 0.385. The van der Waals surface area contributed by atoms with Crippen LogP contribution in [0.2, 0.25) is 0 Å². The summed E-state index contributed by atoms with van der Waals surface area (Å²) in [7, 11) is 0. The molecule has 3 heterocycles. The molecular formula is C13H14N6. The van der Waals surface area contributed by atoms with E-state index in [1.54, 1.807) is 18.9 Å². The molecule has 0 bridgehead atoms. The minimum Gasteiger partial charge on any atom is -0.356 e. The lowest BCUT2D eigenvalue weighted by Gasteiger charge is -2.32. The van der Waals surface area contributed by atoms with Gasteiger partial charge in [-0.2, -0.15) is 10.4 Å². The highest BCUT2D eigenvalue weighted by Gasteiger charge is 2.21. The second-order valence-electron chi connectivity index (χ2n) is 4.61. The molecule has 1 fully saturated rings. The molecule has 0 atom stereocenters. The van der Waals surface area contributed by atoms with Crippen molar-refractivity contribution >= 4 is 5.82 Å². The third kappa shape index (κ3) is 2.40. The highest BCUT2D eigenvalue weighted by Crippen LogP contribution is 2.24. The molecule has 0 unspecified atom stereocenters. The van der Waals surface area contributed by atoms with Crippen LogP contribution in [0.15, 0.2) is 31.0 Å². The first-order valence-corrected chi connectivity index (χ1v) is 6.32. The van der Waals surface area contributed by atoms with E-state index in [4.69, 9.17) is 5.26 Å². The van der Waals surface area contributed by atoms with Gasteiger partial charge in [-0.05, 0) is 25.0 Å². The zero-order chi connectivity index (χ0) is 13.1. The number of nitriles is 1. The molecule has 2 aromatic heterocycles. The van der Waals surface area contributed by atoms with Gasteiger partial charge in [-0.1, -0.05) is 0 Å². The van der Waals surface area contributed by atoms with Crippen molar-refractivity contribution in [2.45, 2.75) is 18.9 Å². The number of anilines is 1. The monoisotopic (exact) mass is 254 g/mol. The molecule has 0 aromatic carbocycles. The number of pyridine rings is 1. The first-order chi connectivity index (χ1) is 9.36. The summed E-state index contributed by atoms with van der Waals surface area (Å²) in [6, 6.07) is 6.23. The standard InChI is InChI=1S/C13H14N6/c14-7-11-1-2-13(16-8-11)18-5-3-12(4-6-18)19-10-15-9-17-19/h1-2,8-10,12H,3-6H2. The van der Waals surface area contributed by atoms with E-state index in [0.29, 0.717) is 11.6 Å². The molecule has 0 aliphatic carbocycles. The van der Waals surface area contributed by atoms with Crippen LogP contribution in [-0.4, -0.2) is 32.8 Å². The topological polar surface area (TPSA) is 70.6 Å². The molecule has 1 saturated heterocycles. The van der Waals surface area contributed by atoms with E-state index in [1.807, 2.05) is 16.8 Å². The smallest absolute Gasteiger partial charge is 0.137 e. The predicted molar refractivity (Wildman–Crippen MR) is 69.5 cm³/mol. The number of rotatable bonds is 2. The second-order valence-corrected chi connectivity index (χ2v) is 4.61. The Morgan fingerprint density at radius 3 is 2.68 bits per heavy atom. The summed E-state index contributed by atoms with van der Waals surface area (Å²) in [6.07, 6.45) is 7.05. The predicted octanol–water partition coefficient (Wildman–Crippen LogP) is 1.39. The van der Waals surface area contributed by atoms with Crippen molar-refractivity contribution in [3.63, 3.8) is 0 Å². The van der Waals surface area contributed by atoms with Gasteiger partial charge in [-0.15, -0.1) is 0 Å². The Bertz CT molecular complexity index is 560. The minimum absolute atomic E-state index is 0.428. The van der Waals surface area contributed by atoms with Crippen molar-refractivity contribution in [3.05, 3.63) is 36.5 Å². The van der Waals surface area contributed by atoms with Crippen LogP contribution in [0.3, 0.4) is 0 Å². The lowest BCUT2D eigenvalue weighted by molar-refractivity contribution is 0.365. The molecule has 0 amide bonds. The summed E-state index contributed by atoms with van der Waals surface area (Å²) >= 11 is 0. The molecule has 6 nitrogen and oxygen atoms in total. The van der Waals surface area contributed by atoms with Crippen molar-refractivity contribution in [1.82, 2.24) is 19.7 Å². The van der Waals surface area contributed by atoms with Crippen LogP contribution >= 0.6 is 0 Å². The second kappa shape index (κ2) is 5.06. The Balaban J connectivity index is 1.65. The maximum Gasteiger partial charge on any atom is 0.137 e. The van der Waals surface area contributed by atoms with Crippen molar-refractivity contribution in [3.8, 4) is 6.07 Å². The van der Waals surface area contributed by atoms with Crippen LogP contribution in [-0.2, 0) is 0 Å². The summed E-state index contributed by atoms with van der Waals surface area (Å²) in [5.74, 6) is 0.941. The summed E-state index contributed by atoms with van der Waals surface area (Å²) in [6.45, 7) is 1.90. The number of hydrogen-bond acceptors (Lipinski definition) is 5. The lowest BCUT2D eigenvalue weighted by Crippen LogP contribution is -2.35. The molecule has 2 aromatic rings. The fourth-order valence-corrected chi connectivity index (χ4v) is 2.40. The SMILES string of the molecule is N#Cc1ccc(N2CCC(n3cncn3)CC2)nc1. The fourth-order valence-electron chi connectivity index (χ4n) is 2.40. The van der Waals surface area contributed by atoms with Crippen molar-refractivity contribution in [2.75, 3.05) is 18.0 Å². The van der Waals surface area contributed by atoms with Crippen molar-refractivity contribution < 1.29 is 0 Å². The Morgan fingerprint density at radius 1 is 1.26 bits per heavy atom. The summed E-state index contributed by atoms with van der Waals surface area (Å²) < 4.78 is 1.93. The minimum atomic E-state index is 0.428. The Kier molecular flexibility index (Phi) is 3.11. The molecule has 3 rings (SSSR count). The molecule has 96 valence electrons. The number of hydrogen-bond donors (Lipinski definition) is 0. The van der Waals surface area contributed by atoms with E-state index in [9.17, 15) is 0 Å². The molecule has 1 aliphatic rings. The van der Waals surface area contributed by atoms with Crippen LogP contribution < -0.4 is 4.90 Å². The molecule has 0 saturated carbocycles. The third-order valence-electron chi connectivity index (χ3n) is 3.48. The van der Waals surface area contributed by atoms with Crippen LogP contribution in [0.5, 0.6) is 0 Å². The lowest BCUT2D eigenvalue weighted by atomic mass is 10.1. The highest BCUT2D eigenvalue weighted by molar-refractivity contribution is 5.42. The van der Waals surface area contributed by atoms with Crippen LogP contribution in [0.25, 0.3) is 0 Å². The molecular weight excluding hydrogens is 240 g/mol. The zero-order valence-electron chi connectivity index (χ0n) is 10.5. The maximum absolute atomic E-state index is 8.76.